The van der Waals surface area contributed by atoms with Gasteiger partial charge in [0.25, 0.3) is 0 Å². The maximum absolute atomic E-state index is 9.66. The van der Waals surface area contributed by atoms with Crippen LogP contribution in [0.1, 0.15) is 58.8 Å². The second kappa shape index (κ2) is 6.24. The number of rotatable bonds is 7. The van der Waals surface area contributed by atoms with Gasteiger partial charge in [-0.2, -0.15) is 5.26 Å². The van der Waals surface area contributed by atoms with Gasteiger partial charge in [0.15, 0.2) is 0 Å². The minimum atomic E-state index is -0.211. The molecular weight excluding hydrogens is 234 g/mol. The molecule has 2 aliphatic rings. The van der Waals surface area contributed by atoms with Gasteiger partial charge in [0, 0.05) is 12.1 Å². The third-order valence-corrected chi connectivity index (χ3v) is 5.23. The predicted molar refractivity (Wildman–Crippen MR) is 78.8 cm³/mol. The number of nitrogens with zero attached hydrogens (tertiary/aromatic N) is 2. The third kappa shape index (κ3) is 3.49. The van der Waals surface area contributed by atoms with E-state index in [1.54, 1.807) is 0 Å². The van der Waals surface area contributed by atoms with Crippen molar-refractivity contribution < 1.29 is 0 Å². The molecule has 0 aromatic heterocycles. The third-order valence-electron chi connectivity index (χ3n) is 5.23. The molecule has 0 aromatic carbocycles. The summed E-state index contributed by atoms with van der Waals surface area (Å²) in [5.74, 6) is 0.546. The molecule has 2 aliphatic carbocycles. The van der Waals surface area contributed by atoms with Crippen LogP contribution in [-0.4, -0.2) is 36.1 Å². The number of nitrogens with one attached hydrogen (secondary N) is 1. The van der Waals surface area contributed by atoms with Crippen LogP contribution in [0.5, 0.6) is 0 Å². The van der Waals surface area contributed by atoms with Crippen molar-refractivity contribution in [3.8, 4) is 6.07 Å². The Bertz CT molecular complexity index is 331. The molecule has 0 bridgehead atoms. The van der Waals surface area contributed by atoms with Gasteiger partial charge in [-0.3, -0.25) is 5.32 Å². The van der Waals surface area contributed by atoms with E-state index in [9.17, 15) is 5.26 Å². The molecule has 1 N–H and O–H groups in total. The quantitative estimate of drug-likeness (QED) is 0.767. The molecule has 2 saturated carbocycles. The first-order valence-electron chi connectivity index (χ1n) is 8.00. The first-order valence-corrected chi connectivity index (χ1v) is 8.00. The average molecular weight is 263 g/mol. The number of nitriles is 1. The van der Waals surface area contributed by atoms with Gasteiger partial charge < -0.3 is 4.90 Å². The van der Waals surface area contributed by atoms with Gasteiger partial charge in [0.1, 0.15) is 5.54 Å². The van der Waals surface area contributed by atoms with E-state index >= 15 is 0 Å². The summed E-state index contributed by atoms with van der Waals surface area (Å²) in [5.41, 5.74) is -0.211. The van der Waals surface area contributed by atoms with Gasteiger partial charge in [-0.05, 0) is 65.0 Å². The maximum Gasteiger partial charge on any atom is 0.109 e. The van der Waals surface area contributed by atoms with Crippen molar-refractivity contribution >= 4 is 0 Å². The normalized spacial score (nSPS) is 32.5. The molecule has 108 valence electrons. The zero-order valence-corrected chi connectivity index (χ0v) is 12.8. The fourth-order valence-electron chi connectivity index (χ4n) is 3.32. The van der Waals surface area contributed by atoms with E-state index in [1.165, 1.54) is 32.1 Å². The molecule has 0 aromatic rings. The average Bonchev–Trinajstić information content (AvgIpc) is 3.14. The van der Waals surface area contributed by atoms with Crippen LogP contribution in [0.3, 0.4) is 0 Å². The van der Waals surface area contributed by atoms with E-state index in [-0.39, 0.29) is 5.54 Å². The van der Waals surface area contributed by atoms with Crippen molar-refractivity contribution in [1.29, 1.82) is 5.26 Å². The molecule has 3 unspecified atom stereocenters. The molecule has 19 heavy (non-hydrogen) atoms. The van der Waals surface area contributed by atoms with Crippen molar-refractivity contribution in [1.82, 2.24) is 10.2 Å². The molecule has 0 saturated heterocycles. The molecule has 0 spiro atoms. The first-order chi connectivity index (χ1) is 9.11. The lowest BCUT2D eigenvalue weighted by atomic mass is 9.85. The molecule has 0 heterocycles. The number of hydrogen-bond acceptors (Lipinski definition) is 3. The van der Waals surface area contributed by atoms with E-state index < -0.39 is 0 Å². The van der Waals surface area contributed by atoms with Gasteiger partial charge >= 0.3 is 0 Å². The summed E-state index contributed by atoms with van der Waals surface area (Å²) in [4.78, 5) is 2.44. The lowest BCUT2D eigenvalue weighted by molar-refractivity contribution is 0.209. The molecule has 0 radical (unpaired) electrons. The van der Waals surface area contributed by atoms with Crippen LogP contribution >= 0.6 is 0 Å². The molecule has 3 atom stereocenters. The molecule has 0 aliphatic heterocycles. The van der Waals surface area contributed by atoms with Crippen LogP contribution in [0.4, 0.5) is 0 Å². The van der Waals surface area contributed by atoms with Crippen molar-refractivity contribution in [2.45, 2.75) is 76.4 Å². The Morgan fingerprint density at radius 3 is 2.74 bits per heavy atom. The maximum atomic E-state index is 9.66. The highest BCUT2D eigenvalue weighted by Crippen LogP contribution is 2.40. The minimum Gasteiger partial charge on any atom is -0.304 e. The van der Waals surface area contributed by atoms with Crippen LogP contribution in [0.2, 0.25) is 0 Å². The molecular formula is C16H29N3. The van der Waals surface area contributed by atoms with Crippen molar-refractivity contribution in [2.75, 3.05) is 13.6 Å². The second-order valence-electron chi connectivity index (χ2n) is 6.62. The van der Waals surface area contributed by atoms with Crippen LogP contribution in [0.25, 0.3) is 0 Å². The molecule has 0 amide bonds. The Morgan fingerprint density at radius 1 is 1.42 bits per heavy atom. The lowest BCUT2D eigenvalue weighted by Gasteiger charge is -2.32. The topological polar surface area (TPSA) is 39.1 Å². The zero-order chi connectivity index (χ0) is 13.9. The Hall–Kier alpha value is -0.590. The van der Waals surface area contributed by atoms with Gasteiger partial charge in [0.05, 0.1) is 6.07 Å². The highest BCUT2D eigenvalue weighted by Gasteiger charge is 2.45. The van der Waals surface area contributed by atoms with Crippen LogP contribution in [0, 0.1) is 17.2 Å². The van der Waals surface area contributed by atoms with E-state index in [0.717, 1.165) is 19.4 Å². The first kappa shape index (κ1) is 14.8. The smallest absolute Gasteiger partial charge is 0.109 e. The summed E-state index contributed by atoms with van der Waals surface area (Å²) in [6.07, 6.45) is 8.38. The summed E-state index contributed by atoms with van der Waals surface area (Å²) in [5, 5.41) is 13.3. The molecule has 2 rings (SSSR count). The van der Waals surface area contributed by atoms with E-state index in [2.05, 4.69) is 37.2 Å². The summed E-state index contributed by atoms with van der Waals surface area (Å²) in [7, 11) is 2.21. The van der Waals surface area contributed by atoms with Gasteiger partial charge in [-0.25, -0.2) is 0 Å². The van der Waals surface area contributed by atoms with Crippen LogP contribution in [0.15, 0.2) is 0 Å². The summed E-state index contributed by atoms with van der Waals surface area (Å²) in [6.45, 7) is 5.65. The monoisotopic (exact) mass is 263 g/mol. The highest BCUT2D eigenvalue weighted by molar-refractivity contribution is 5.16. The van der Waals surface area contributed by atoms with Crippen molar-refractivity contribution in [3.63, 3.8) is 0 Å². The summed E-state index contributed by atoms with van der Waals surface area (Å²) >= 11 is 0. The van der Waals surface area contributed by atoms with Crippen molar-refractivity contribution in [2.24, 2.45) is 5.92 Å². The Balaban J connectivity index is 1.88. The molecule has 3 nitrogen and oxygen atoms in total. The molecule has 2 fully saturated rings. The standard InChI is InChI=1S/C16H29N3/c1-4-13(2)19(3)11-9-14-6-5-10-16(14,12-17)18-15-7-8-15/h13-15,18H,4-11H2,1-3H3. The fourth-order valence-corrected chi connectivity index (χ4v) is 3.32. The SMILES string of the molecule is CCC(C)N(C)CCC1CCCC1(C#N)NC1CC1. The molecule has 3 heteroatoms. The highest BCUT2D eigenvalue weighted by atomic mass is 15.1. The largest absolute Gasteiger partial charge is 0.304 e. The van der Waals surface area contributed by atoms with E-state index in [0.29, 0.717) is 18.0 Å². The van der Waals surface area contributed by atoms with Gasteiger partial charge in [-0.15, -0.1) is 0 Å². The summed E-state index contributed by atoms with van der Waals surface area (Å²) < 4.78 is 0. The van der Waals surface area contributed by atoms with E-state index in [4.69, 9.17) is 0 Å². The summed E-state index contributed by atoms with van der Waals surface area (Å²) in [6, 6.07) is 3.92. The zero-order valence-electron chi connectivity index (χ0n) is 12.8. The lowest BCUT2D eigenvalue weighted by Crippen LogP contribution is -2.49. The van der Waals surface area contributed by atoms with Crippen LogP contribution in [-0.2, 0) is 0 Å². The second-order valence-corrected chi connectivity index (χ2v) is 6.62. The Labute approximate surface area is 118 Å². The fraction of sp³-hybridized carbons (Fsp3) is 0.938. The van der Waals surface area contributed by atoms with Crippen molar-refractivity contribution in [3.05, 3.63) is 0 Å². The Kier molecular flexibility index (Phi) is 4.86. The van der Waals surface area contributed by atoms with Gasteiger partial charge in [-0.1, -0.05) is 13.3 Å². The van der Waals surface area contributed by atoms with Gasteiger partial charge in [0.2, 0.25) is 0 Å². The minimum absolute atomic E-state index is 0.211. The van der Waals surface area contributed by atoms with E-state index in [1.807, 2.05) is 0 Å². The predicted octanol–water partition coefficient (Wildman–Crippen LogP) is 2.92. The Morgan fingerprint density at radius 2 is 2.16 bits per heavy atom. The van der Waals surface area contributed by atoms with Crippen LogP contribution < -0.4 is 5.32 Å². The number of hydrogen-bond donors (Lipinski definition) is 1.